The van der Waals surface area contributed by atoms with Gasteiger partial charge in [-0.3, -0.25) is 5.32 Å². The van der Waals surface area contributed by atoms with Crippen molar-refractivity contribution in [1.29, 1.82) is 0 Å². The molecule has 5 nitrogen and oxygen atoms in total. The number of anilines is 1. The maximum atomic E-state index is 11.0. The Morgan fingerprint density at radius 2 is 1.87 bits per heavy atom. The summed E-state index contributed by atoms with van der Waals surface area (Å²) in [6.07, 6.45) is 0. The SMILES string of the molecule is NC(=O)NC(=O)Nc1ccc(Cl)c(Cl)c1. The molecule has 0 saturated heterocycles. The second-order valence-corrected chi connectivity index (χ2v) is 3.39. The molecule has 0 fully saturated rings. The van der Waals surface area contributed by atoms with Crippen LogP contribution in [0.3, 0.4) is 0 Å². The van der Waals surface area contributed by atoms with Crippen LogP contribution < -0.4 is 16.4 Å². The number of amides is 4. The minimum absolute atomic E-state index is 0.300. The number of nitrogens with one attached hydrogen (secondary N) is 2. The van der Waals surface area contributed by atoms with Crippen LogP contribution in [-0.2, 0) is 0 Å². The molecule has 4 amide bonds. The van der Waals surface area contributed by atoms with Gasteiger partial charge in [0.15, 0.2) is 0 Å². The third-order valence-corrected chi connectivity index (χ3v) is 2.15. The lowest BCUT2D eigenvalue weighted by molar-refractivity contribution is 0.238. The van der Waals surface area contributed by atoms with Crippen molar-refractivity contribution >= 4 is 41.0 Å². The van der Waals surface area contributed by atoms with E-state index in [-0.39, 0.29) is 0 Å². The van der Waals surface area contributed by atoms with Crippen molar-refractivity contribution < 1.29 is 9.59 Å². The third-order valence-electron chi connectivity index (χ3n) is 1.41. The van der Waals surface area contributed by atoms with Gasteiger partial charge in [-0.1, -0.05) is 23.2 Å². The number of hydrogen-bond donors (Lipinski definition) is 3. The number of primary amides is 1. The Labute approximate surface area is 95.5 Å². The van der Waals surface area contributed by atoms with Gasteiger partial charge in [0.1, 0.15) is 0 Å². The maximum Gasteiger partial charge on any atom is 0.327 e. The smallest absolute Gasteiger partial charge is 0.327 e. The highest BCUT2D eigenvalue weighted by Gasteiger charge is 2.05. The lowest BCUT2D eigenvalue weighted by Gasteiger charge is -2.05. The summed E-state index contributed by atoms with van der Waals surface area (Å²) in [6, 6.07) is 2.83. The van der Waals surface area contributed by atoms with Crippen molar-refractivity contribution in [3.63, 3.8) is 0 Å². The molecule has 15 heavy (non-hydrogen) atoms. The van der Waals surface area contributed by atoms with E-state index in [1.54, 1.807) is 0 Å². The maximum absolute atomic E-state index is 11.0. The van der Waals surface area contributed by atoms with E-state index in [0.717, 1.165) is 0 Å². The molecule has 0 aliphatic rings. The Balaban J connectivity index is 2.69. The zero-order valence-electron chi connectivity index (χ0n) is 7.38. The van der Waals surface area contributed by atoms with Gasteiger partial charge in [0.2, 0.25) is 0 Å². The quantitative estimate of drug-likeness (QED) is 0.711. The molecule has 7 heteroatoms. The summed E-state index contributed by atoms with van der Waals surface area (Å²) in [4.78, 5) is 21.3. The van der Waals surface area contributed by atoms with E-state index in [9.17, 15) is 9.59 Å². The fraction of sp³-hybridized carbons (Fsp3) is 0. The molecule has 0 aromatic heterocycles. The van der Waals surface area contributed by atoms with Crippen LogP contribution in [0.5, 0.6) is 0 Å². The number of carbonyl (C=O) groups excluding carboxylic acids is 2. The van der Waals surface area contributed by atoms with Gasteiger partial charge in [-0.15, -0.1) is 0 Å². The Morgan fingerprint density at radius 3 is 2.40 bits per heavy atom. The summed E-state index contributed by atoms with van der Waals surface area (Å²) < 4.78 is 0. The second kappa shape index (κ2) is 4.86. The first-order chi connectivity index (χ1) is 6.99. The number of urea groups is 2. The monoisotopic (exact) mass is 247 g/mol. The van der Waals surface area contributed by atoms with Gasteiger partial charge in [-0.25, -0.2) is 9.59 Å². The molecule has 80 valence electrons. The standard InChI is InChI=1S/C8H7Cl2N3O2/c9-5-2-1-4(3-6(5)10)12-8(15)13-7(11)14/h1-3H,(H4,11,12,13,14,15). The minimum Gasteiger partial charge on any atom is -0.351 e. The molecule has 0 radical (unpaired) electrons. The van der Waals surface area contributed by atoms with E-state index in [0.29, 0.717) is 15.7 Å². The molecule has 0 heterocycles. The zero-order chi connectivity index (χ0) is 11.4. The Bertz CT molecular complexity index is 409. The summed E-state index contributed by atoms with van der Waals surface area (Å²) in [5.74, 6) is 0. The number of benzene rings is 1. The normalized spacial score (nSPS) is 9.47. The fourth-order valence-electron chi connectivity index (χ4n) is 0.848. The summed E-state index contributed by atoms with van der Waals surface area (Å²) in [7, 11) is 0. The van der Waals surface area contributed by atoms with Gasteiger partial charge in [0, 0.05) is 5.69 Å². The Hall–Kier alpha value is -1.46. The lowest BCUT2D eigenvalue weighted by Crippen LogP contribution is -2.38. The van der Waals surface area contributed by atoms with Gasteiger partial charge < -0.3 is 11.1 Å². The van der Waals surface area contributed by atoms with Gasteiger partial charge in [-0.2, -0.15) is 0 Å². The largest absolute Gasteiger partial charge is 0.351 e. The molecule has 1 aromatic rings. The van der Waals surface area contributed by atoms with Gasteiger partial charge in [-0.05, 0) is 18.2 Å². The highest BCUT2D eigenvalue weighted by Crippen LogP contribution is 2.24. The predicted molar refractivity (Wildman–Crippen MR) is 58.2 cm³/mol. The van der Waals surface area contributed by atoms with Crippen molar-refractivity contribution in [2.45, 2.75) is 0 Å². The highest BCUT2D eigenvalue weighted by molar-refractivity contribution is 6.42. The Morgan fingerprint density at radius 1 is 1.20 bits per heavy atom. The minimum atomic E-state index is -0.937. The Kier molecular flexibility index (Phi) is 3.76. The molecule has 0 aliphatic heterocycles. The van der Waals surface area contributed by atoms with Crippen molar-refractivity contribution in [2.75, 3.05) is 5.32 Å². The first-order valence-corrected chi connectivity index (χ1v) is 4.57. The number of nitrogens with two attached hydrogens (primary N) is 1. The van der Waals surface area contributed by atoms with E-state index in [1.165, 1.54) is 18.2 Å². The number of imide groups is 1. The van der Waals surface area contributed by atoms with Crippen molar-refractivity contribution in [3.8, 4) is 0 Å². The van der Waals surface area contributed by atoms with Crippen molar-refractivity contribution in [3.05, 3.63) is 28.2 Å². The van der Waals surface area contributed by atoms with Crippen LogP contribution in [0.2, 0.25) is 10.0 Å². The average Bonchev–Trinajstić information content (AvgIpc) is 2.10. The van der Waals surface area contributed by atoms with Crippen molar-refractivity contribution in [2.24, 2.45) is 5.73 Å². The number of hydrogen-bond acceptors (Lipinski definition) is 2. The number of halogens is 2. The average molecular weight is 248 g/mol. The lowest BCUT2D eigenvalue weighted by atomic mass is 10.3. The fourth-order valence-corrected chi connectivity index (χ4v) is 1.15. The number of rotatable bonds is 1. The molecule has 0 unspecified atom stereocenters. The topological polar surface area (TPSA) is 84.2 Å². The molecule has 0 spiro atoms. The zero-order valence-corrected chi connectivity index (χ0v) is 8.89. The van der Waals surface area contributed by atoms with Gasteiger partial charge in [0.25, 0.3) is 0 Å². The molecular formula is C8H7Cl2N3O2. The molecular weight excluding hydrogens is 241 g/mol. The summed E-state index contributed by atoms with van der Waals surface area (Å²) in [5, 5.41) is 4.86. The molecule has 0 aliphatic carbocycles. The van der Waals surface area contributed by atoms with E-state index >= 15 is 0 Å². The molecule has 1 rings (SSSR count). The van der Waals surface area contributed by atoms with Crippen LogP contribution in [0.15, 0.2) is 18.2 Å². The molecule has 4 N–H and O–H groups in total. The van der Waals surface area contributed by atoms with Gasteiger partial charge >= 0.3 is 12.1 Å². The first kappa shape index (κ1) is 11.6. The molecule has 0 atom stereocenters. The molecule has 0 bridgehead atoms. The van der Waals surface area contributed by atoms with Crippen LogP contribution in [0, 0.1) is 0 Å². The third kappa shape index (κ3) is 3.65. The van der Waals surface area contributed by atoms with E-state index in [4.69, 9.17) is 28.9 Å². The van der Waals surface area contributed by atoms with E-state index in [1.807, 2.05) is 5.32 Å². The number of carbonyl (C=O) groups is 2. The summed E-state index contributed by atoms with van der Waals surface area (Å²) in [5.41, 5.74) is 5.15. The first-order valence-electron chi connectivity index (χ1n) is 3.81. The second-order valence-electron chi connectivity index (χ2n) is 2.57. The molecule has 0 saturated carbocycles. The summed E-state index contributed by atoms with van der Waals surface area (Å²) in [6.45, 7) is 0. The van der Waals surface area contributed by atoms with Crippen LogP contribution in [-0.4, -0.2) is 12.1 Å². The van der Waals surface area contributed by atoms with Crippen molar-refractivity contribution in [1.82, 2.24) is 5.32 Å². The van der Waals surface area contributed by atoms with Gasteiger partial charge in [0.05, 0.1) is 10.0 Å². The predicted octanol–water partition coefficient (Wildman–Crippen LogP) is 2.19. The van der Waals surface area contributed by atoms with Crippen LogP contribution in [0.25, 0.3) is 0 Å². The van der Waals surface area contributed by atoms with Crippen LogP contribution in [0.4, 0.5) is 15.3 Å². The van der Waals surface area contributed by atoms with Crippen LogP contribution >= 0.6 is 23.2 Å². The molecule has 1 aromatic carbocycles. The summed E-state index contributed by atoms with van der Waals surface area (Å²) >= 11 is 11.4. The van der Waals surface area contributed by atoms with E-state index < -0.39 is 12.1 Å². The highest BCUT2D eigenvalue weighted by atomic mass is 35.5. The van der Waals surface area contributed by atoms with E-state index in [2.05, 4.69) is 5.32 Å². The van der Waals surface area contributed by atoms with Crippen LogP contribution in [0.1, 0.15) is 0 Å².